The van der Waals surface area contributed by atoms with Gasteiger partial charge in [0.25, 0.3) is 0 Å². The summed E-state index contributed by atoms with van der Waals surface area (Å²) in [5.74, 6) is 0.173. The molecule has 0 aliphatic carbocycles. The smallest absolute Gasteiger partial charge is 0.200 e. The maximum absolute atomic E-state index is 13.4. The highest BCUT2D eigenvalue weighted by molar-refractivity contribution is 6.10. The first-order valence-electron chi connectivity index (χ1n) is 10.6. The van der Waals surface area contributed by atoms with Crippen LogP contribution in [-0.4, -0.2) is 24.6 Å². The number of hydrogen-bond donors (Lipinski definition) is 0. The number of ether oxygens (including phenoxy) is 2. The zero-order chi connectivity index (χ0) is 23.5. The molecule has 4 rings (SSSR count). The monoisotopic (exact) mass is 445 g/mol. The fourth-order valence-electron chi connectivity index (χ4n) is 3.84. The van der Waals surface area contributed by atoms with Crippen molar-refractivity contribution in [2.24, 2.45) is 0 Å². The van der Waals surface area contributed by atoms with E-state index in [1.54, 1.807) is 47.2 Å². The number of hydrogen-bond acceptors (Lipinski definition) is 4. The van der Waals surface area contributed by atoms with Gasteiger partial charge in [-0.05, 0) is 35.7 Å². The molecule has 3 aromatic carbocycles. The molecular formula is C27H24FNO4. The fraction of sp³-hybridized carbons (Fsp3) is 0.185. The molecule has 0 bridgehead atoms. The molecule has 0 N–H and O–H groups in total. The Morgan fingerprint density at radius 3 is 2.12 bits per heavy atom. The van der Waals surface area contributed by atoms with Crippen LogP contribution < -0.4 is 14.9 Å². The third kappa shape index (κ3) is 4.37. The maximum Gasteiger partial charge on any atom is 0.200 e. The van der Waals surface area contributed by atoms with Crippen molar-refractivity contribution in [3.63, 3.8) is 0 Å². The van der Waals surface area contributed by atoms with Gasteiger partial charge in [0.2, 0.25) is 5.43 Å². The van der Waals surface area contributed by atoms with Crippen LogP contribution in [0.3, 0.4) is 0 Å². The lowest BCUT2D eigenvalue weighted by molar-refractivity contribution is 0.103. The Morgan fingerprint density at radius 2 is 1.52 bits per heavy atom. The first-order chi connectivity index (χ1) is 15.9. The average molecular weight is 445 g/mol. The predicted molar refractivity (Wildman–Crippen MR) is 126 cm³/mol. The first kappa shape index (κ1) is 22.3. The first-order valence-corrected chi connectivity index (χ1v) is 10.6. The SMILES string of the molecule is CCc1ccc(C(=O)c2cn(Cc3ccc(F)cc3)c3cc(OC)c(OC)cc3c2=O)cc1. The highest BCUT2D eigenvalue weighted by Crippen LogP contribution is 2.31. The molecule has 1 heterocycles. The number of methoxy groups -OCH3 is 2. The molecule has 168 valence electrons. The van der Waals surface area contributed by atoms with Crippen LogP contribution in [0.5, 0.6) is 11.5 Å². The molecule has 0 spiro atoms. The van der Waals surface area contributed by atoms with E-state index in [2.05, 4.69) is 0 Å². The van der Waals surface area contributed by atoms with Gasteiger partial charge in [-0.1, -0.05) is 43.3 Å². The van der Waals surface area contributed by atoms with Gasteiger partial charge in [0.1, 0.15) is 5.82 Å². The number of pyridine rings is 1. The van der Waals surface area contributed by atoms with E-state index in [1.165, 1.54) is 26.4 Å². The Kier molecular flexibility index (Phi) is 6.27. The van der Waals surface area contributed by atoms with Crippen LogP contribution in [0.15, 0.2) is 71.7 Å². The number of carbonyl (C=O) groups excluding carboxylic acids is 1. The summed E-state index contributed by atoms with van der Waals surface area (Å²) in [7, 11) is 3.01. The molecule has 5 nitrogen and oxygen atoms in total. The van der Waals surface area contributed by atoms with Crippen LogP contribution in [0.4, 0.5) is 4.39 Å². The number of nitrogens with zero attached hydrogens (tertiary/aromatic N) is 1. The summed E-state index contributed by atoms with van der Waals surface area (Å²) in [5.41, 5.74) is 2.63. The van der Waals surface area contributed by atoms with E-state index in [0.29, 0.717) is 34.5 Å². The van der Waals surface area contributed by atoms with Crippen LogP contribution >= 0.6 is 0 Å². The van der Waals surface area contributed by atoms with Gasteiger partial charge in [0, 0.05) is 24.4 Å². The minimum atomic E-state index is -0.383. The molecular weight excluding hydrogens is 421 g/mol. The second-order valence-electron chi connectivity index (χ2n) is 7.73. The van der Waals surface area contributed by atoms with Gasteiger partial charge in [-0.15, -0.1) is 0 Å². The summed E-state index contributed by atoms with van der Waals surface area (Å²) < 4.78 is 26.0. The summed E-state index contributed by atoms with van der Waals surface area (Å²) in [6, 6.07) is 16.7. The lowest BCUT2D eigenvalue weighted by Gasteiger charge is -2.16. The molecule has 4 aromatic rings. The van der Waals surface area contributed by atoms with Gasteiger partial charge in [-0.25, -0.2) is 4.39 Å². The van der Waals surface area contributed by atoms with Crippen molar-refractivity contribution in [3.8, 4) is 11.5 Å². The molecule has 1 aromatic heterocycles. The van der Waals surface area contributed by atoms with Gasteiger partial charge in [0.15, 0.2) is 17.3 Å². The van der Waals surface area contributed by atoms with Gasteiger partial charge in [-0.3, -0.25) is 9.59 Å². The van der Waals surface area contributed by atoms with Gasteiger partial charge < -0.3 is 14.0 Å². The predicted octanol–water partition coefficient (Wildman–Crippen LogP) is 5.00. The quantitative estimate of drug-likeness (QED) is 0.376. The van der Waals surface area contributed by atoms with E-state index in [1.807, 2.05) is 19.1 Å². The molecule has 0 saturated carbocycles. The fourth-order valence-corrected chi connectivity index (χ4v) is 3.84. The van der Waals surface area contributed by atoms with Crippen molar-refractivity contribution in [2.75, 3.05) is 14.2 Å². The molecule has 0 radical (unpaired) electrons. The van der Waals surface area contributed by atoms with Crippen molar-refractivity contribution in [1.29, 1.82) is 0 Å². The van der Waals surface area contributed by atoms with Crippen molar-refractivity contribution >= 4 is 16.7 Å². The summed E-state index contributed by atoms with van der Waals surface area (Å²) in [4.78, 5) is 26.7. The Morgan fingerprint density at radius 1 is 0.909 bits per heavy atom. The number of carbonyl (C=O) groups is 1. The highest BCUT2D eigenvalue weighted by atomic mass is 19.1. The molecule has 0 aliphatic heterocycles. The van der Waals surface area contributed by atoms with Crippen LogP contribution in [0.25, 0.3) is 10.9 Å². The highest BCUT2D eigenvalue weighted by Gasteiger charge is 2.19. The number of aryl methyl sites for hydroxylation is 1. The maximum atomic E-state index is 13.4. The molecule has 0 unspecified atom stereocenters. The van der Waals surface area contributed by atoms with Crippen molar-refractivity contribution in [2.45, 2.75) is 19.9 Å². The zero-order valence-corrected chi connectivity index (χ0v) is 18.7. The normalized spacial score (nSPS) is 10.9. The van der Waals surface area contributed by atoms with Crippen molar-refractivity contribution in [3.05, 3.63) is 105 Å². The van der Waals surface area contributed by atoms with Gasteiger partial charge in [0.05, 0.1) is 30.7 Å². The average Bonchev–Trinajstić information content (AvgIpc) is 2.85. The lowest BCUT2D eigenvalue weighted by Crippen LogP contribution is -2.20. The Balaban J connectivity index is 1.92. The van der Waals surface area contributed by atoms with Crippen molar-refractivity contribution in [1.82, 2.24) is 4.57 Å². The van der Waals surface area contributed by atoms with Crippen molar-refractivity contribution < 1.29 is 18.7 Å². The zero-order valence-electron chi connectivity index (χ0n) is 18.7. The molecule has 6 heteroatoms. The van der Waals surface area contributed by atoms with Crippen LogP contribution in [0.1, 0.15) is 34.0 Å². The van der Waals surface area contributed by atoms with Gasteiger partial charge >= 0.3 is 0 Å². The van der Waals surface area contributed by atoms with E-state index in [9.17, 15) is 14.0 Å². The molecule has 0 atom stereocenters. The number of rotatable bonds is 7. The molecule has 0 saturated heterocycles. The van der Waals surface area contributed by atoms with Crippen LogP contribution in [-0.2, 0) is 13.0 Å². The minimum absolute atomic E-state index is 0.0566. The number of fused-ring (bicyclic) bond motifs is 1. The van der Waals surface area contributed by atoms with Gasteiger partial charge in [-0.2, -0.15) is 0 Å². The summed E-state index contributed by atoms with van der Waals surface area (Å²) in [6.07, 6.45) is 2.42. The third-order valence-corrected chi connectivity index (χ3v) is 5.72. The Bertz CT molecular complexity index is 1370. The number of aromatic nitrogens is 1. The number of benzene rings is 3. The van der Waals surface area contributed by atoms with E-state index >= 15 is 0 Å². The summed E-state index contributed by atoms with van der Waals surface area (Å²) in [5, 5.41) is 0.339. The molecule has 33 heavy (non-hydrogen) atoms. The number of ketones is 1. The molecule has 0 aliphatic rings. The third-order valence-electron chi connectivity index (χ3n) is 5.72. The second kappa shape index (κ2) is 9.28. The summed E-state index contributed by atoms with van der Waals surface area (Å²) in [6.45, 7) is 2.37. The van der Waals surface area contributed by atoms with E-state index < -0.39 is 0 Å². The lowest BCUT2D eigenvalue weighted by atomic mass is 10.00. The largest absolute Gasteiger partial charge is 0.493 e. The Labute approximate surface area is 191 Å². The van der Waals surface area contributed by atoms with E-state index in [4.69, 9.17) is 9.47 Å². The number of halogens is 1. The molecule has 0 fully saturated rings. The summed E-state index contributed by atoms with van der Waals surface area (Å²) >= 11 is 0. The van der Waals surface area contributed by atoms with E-state index in [-0.39, 0.29) is 22.6 Å². The van der Waals surface area contributed by atoms with Crippen LogP contribution in [0, 0.1) is 5.82 Å². The minimum Gasteiger partial charge on any atom is -0.493 e. The van der Waals surface area contributed by atoms with E-state index in [0.717, 1.165) is 17.5 Å². The second-order valence-corrected chi connectivity index (χ2v) is 7.73. The van der Waals surface area contributed by atoms with Crippen LogP contribution in [0.2, 0.25) is 0 Å². The Hall–Kier alpha value is -3.93. The standard InChI is InChI=1S/C27H24FNO4/c1-4-17-5-9-19(10-6-17)26(30)22-16-29(15-18-7-11-20(28)12-8-18)23-14-25(33-3)24(32-2)13-21(23)27(22)31/h5-14,16H,4,15H2,1-3H3. The molecule has 0 amide bonds. The topological polar surface area (TPSA) is 57.5 Å².